The monoisotopic (exact) mass is 907 g/mol. The molecule has 1 aliphatic carbocycles. The average Bonchev–Trinajstić information content (AvgIpc) is 3.86. The third-order valence-corrected chi connectivity index (χ3v) is 14.7. The van der Waals surface area contributed by atoms with Crippen LogP contribution in [0.25, 0.3) is 0 Å². The van der Waals surface area contributed by atoms with Crippen LogP contribution in [0.5, 0.6) is 0 Å². The van der Waals surface area contributed by atoms with Gasteiger partial charge < -0.3 is 51.2 Å². The lowest BCUT2D eigenvalue weighted by Gasteiger charge is -2.36. The molecule has 0 aromatic rings. The Balaban J connectivity index is 1.92. The first-order valence-electron chi connectivity index (χ1n) is 21.6. The second-order valence-electron chi connectivity index (χ2n) is 16.8. The molecule has 3 rings (SSSR count). The van der Waals surface area contributed by atoms with Gasteiger partial charge in [0.05, 0.1) is 16.7 Å². The van der Waals surface area contributed by atoms with Crippen molar-refractivity contribution in [3.05, 3.63) is 0 Å². The Bertz CT molecular complexity index is 1680. The molecule has 2 aliphatic heterocycles. The topological polar surface area (TPSA) is 263 Å². The van der Waals surface area contributed by atoms with Gasteiger partial charge in [-0.3, -0.25) is 38.4 Å². The molecule has 0 aromatic heterocycles. The lowest BCUT2D eigenvalue weighted by atomic mass is 9.83. The van der Waals surface area contributed by atoms with Gasteiger partial charge in [-0.1, -0.05) is 46.5 Å². The molecule has 7 amide bonds. The molecule has 3 aliphatic rings. The number of nitrogens with zero attached hydrogens (tertiary/aromatic N) is 1. The first kappa shape index (κ1) is 52.0. The van der Waals surface area contributed by atoms with E-state index in [1.807, 2.05) is 0 Å². The summed E-state index contributed by atoms with van der Waals surface area (Å²) in [5.41, 5.74) is 0. The molecule has 0 aromatic carbocycles. The summed E-state index contributed by atoms with van der Waals surface area (Å²) in [4.78, 5) is 144. The van der Waals surface area contributed by atoms with Crippen molar-refractivity contribution in [2.45, 2.75) is 159 Å². The summed E-state index contributed by atoms with van der Waals surface area (Å²) in [6, 6.07) is -6.96. The second kappa shape index (κ2) is 25.1. The predicted octanol–water partition coefficient (Wildman–Crippen LogP) is 0.867. The van der Waals surface area contributed by atoms with Crippen LogP contribution in [0.3, 0.4) is 0 Å². The van der Waals surface area contributed by atoms with E-state index in [1.165, 1.54) is 25.7 Å². The van der Waals surface area contributed by atoms with Gasteiger partial charge in [0.1, 0.15) is 48.1 Å². The zero-order chi connectivity index (χ0) is 46.1. The van der Waals surface area contributed by atoms with Crippen molar-refractivity contribution in [2.75, 3.05) is 24.6 Å². The van der Waals surface area contributed by atoms with Crippen LogP contribution in [0.1, 0.15) is 119 Å². The highest BCUT2D eigenvalue weighted by Gasteiger charge is 2.53. The minimum Gasteiger partial charge on any atom is -0.345 e. The summed E-state index contributed by atoms with van der Waals surface area (Å²) in [5, 5.41) is 15.7. The Labute approximate surface area is 372 Å². The number of thioether (sulfide) groups is 2. The van der Waals surface area contributed by atoms with Crippen LogP contribution in [0.15, 0.2) is 0 Å². The fourth-order valence-corrected chi connectivity index (χ4v) is 11.3. The van der Waals surface area contributed by atoms with E-state index in [9.17, 15) is 52.7 Å². The van der Waals surface area contributed by atoms with Crippen molar-refractivity contribution in [1.29, 1.82) is 0 Å². The molecule has 0 radical (unpaired) electrons. The van der Waals surface area contributed by atoms with Crippen LogP contribution < -0.4 is 31.9 Å². The summed E-state index contributed by atoms with van der Waals surface area (Å²) in [5.74, 6) is -5.40. The minimum atomic E-state index is -1.30. The summed E-state index contributed by atoms with van der Waals surface area (Å²) < 4.78 is -0.511. The molecule has 20 heteroatoms. The van der Waals surface area contributed by atoms with E-state index in [0.717, 1.165) is 30.8 Å². The number of likely N-dealkylation sites (tertiary alicyclic amines) is 1. The first-order valence-corrected chi connectivity index (χ1v) is 23.6. The smallest absolute Gasteiger partial charge is 0.289 e. The van der Waals surface area contributed by atoms with Crippen LogP contribution in [-0.4, -0.2) is 135 Å². The van der Waals surface area contributed by atoms with Crippen molar-refractivity contribution in [3.8, 4) is 0 Å². The van der Waals surface area contributed by atoms with Gasteiger partial charge in [0.2, 0.25) is 41.2 Å². The van der Waals surface area contributed by atoms with Crippen molar-refractivity contribution < 1.29 is 52.7 Å². The van der Waals surface area contributed by atoms with Gasteiger partial charge in [0, 0.05) is 44.2 Å². The number of rotatable bonds is 24. The van der Waals surface area contributed by atoms with Crippen LogP contribution >= 0.6 is 23.5 Å². The number of carbonyl (C=O) groups is 11. The van der Waals surface area contributed by atoms with Crippen molar-refractivity contribution >= 4 is 88.5 Å². The van der Waals surface area contributed by atoms with E-state index >= 15 is 0 Å². The third kappa shape index (κ3) is 15.5. The molecule has 0 bridgehead atoms. The van der Waals surface area contributed by atoms with E-state index in [2.05, 4.69) is 31.9 Å². The normalized spacial score (nSPS) is 19.6. The van der Waals surface area contributed by atoms with E-state index in [0.29, 0.717) is 25.5 Å². The maximum atomic E-state index is 15.0. The van der Waals surface area contributed by atoms with Crippen LogP contribution in [0.2, 0.25) is 0 Å². The lowest BCUT2D eigenvalue weighted by Crippen LogP contribution is -2.62. The largest absolute Gasteiger partial charge is 0.345 e. The van der Waals surface area contributed by atoms with Gasteiger partial charge in [-0.2, -0.15) is 0 Å². The quantitative estimate of drug-likeness (QED) is 0.0581. The fourth-order valence-electron chi connectivity index (χ4n) is 8.03. The molecule has 2 saturated heterocycles. The van der Waals surface area contributed by atoms with Crippen molar-refractivity contribution in [3.63, 3.8) is 0 Å². The maximum Gasteiger partial charge on any atom is 0.289 e. The predicted molar refractivity (Wildman–Crippen MR) is 233 cm³/mol. The lowest BCUT2D eigenvalue weighted by molar-refractivity contribution is -0.145. The molecular weight excluding hydrogens is 843 g/mol. The molecule has 6 atom stereocenters. The van der Waals surface area contributed by atoms with Crippen molar-refractivity contribution in [2.24, 2.45) is 11.8 Å². The molecule has 1 saturated carbocycles. The Morgan fingerprint density at radius 3 is 1.84 bits per heavy atom. The number of carbonyl (C=O) groups excluding carboxylic acids is 11. The Morgan fingerprint density at radius 1 is 0.726 bits per heavy atom. The molecule has 6 N–H and O–H groups in total. The van der Waals surface area contributed by atoms with Crippen LogP contribution in [0, 0.1) is 11.8 Å². The molecule has 346 valence electrons. The van der Waals surface area contributed by atoms with Gasteiger partial charge in [-0.25, -0.2) is 0 Å². The SMILES string of the molecule is CCCC(NC(=O)C1CC2(CN1C(=O)C(NC(=O)C(NC(=O)C(CCC(C)=O)NC(=O)C(CCC(C)=O)NC(C)=O)C(C)C)C1CCCCC1)SCCS2)C(=O)C(=O)NCC=O. The molecule has 1 spiro atoms. The summed E-state index contributed by atoms with van der Waals surface area (Å²) >= 11 is 3.29. The first-order chi connectivity index (χ1) is 29.3. The molecule has 3 fully saturated rings. The van der Waals surface area contributed by atoms with Gasteiger partial charge in [-0.15, -0.1) is 23.5 Å². The Hall–Kier alpha value is -4.33. The number of hydrogen-bond donors (Lipinski definition) is 6. The van der Waals surface area contributed by atoms with Crippen LogP contribution in [-0.2, 0) is 52.7 Å². The van der Waals surface area contributed by atoms with Gasteiger partial charge >= 0.3 is 0 Å². The minimum absolute atomic E-state index is 0.0120. The number of amides is 7. The number of nitrogens with one attached hydrogen (secondary N) is 6. The zero-order valence-corrected chi connectivity index (χ0v) is 38.4. The Kier molecular flexibility index (Phi) is 21.0. The summed E-state index contributed by atoms with van der Waals surface area (Å²) in [6.07, 6.45) is 4.87. The Morgan fingerprint density at radius 2 is 1.31 bits per heavy atom. The fraction of sp³-hybridized carbons (Fsp3) is 0.738. The highest BCUT2D eigenvalue weighted by atomic mass is 32.2. The molecular formula is C42H65N7O11S2. The molecule has 6 unspecified atom stereocenters. The molecule has 62 heavy (non-hydrogen) atoms. The van der Waals surface area contributed by atoms with E-state index < -0.39 is 93.4 Å². The summed E-state index contributed by atoms with van der Waals surface area (Å²) in [7, 11) is 0. The van der Waals surface area contributed by atoms with Gasteiger partial charge in [0.25, 0.3) is 5.91 Å². The zero-order valence-electron chi connectivity index (χ0n) is 36.8. The van der Waals surface area contributed by atoms with Gasteiger partial charge in [0.15, 0.2) is 0 Å². The van der Waals surface area contributed by atoms with E-state index in [-0.39, 0.29) is 69.1 Å². The number of hydrogen-bond acceptors (Lipinski definition) is 13. The maximum absolute atomic E-state index is 15.0. The number of ketones is 3. The van der Waals surface area contributed by atoms with E-state index in [4.69, 9.17) is 0 Å². The second-order valence-corrected chi connectivity index (χ2v) is 20.0. The van der Waals surface area contributed by atoms with Crippen LogP contribution in [0.4, 0.5) is 0 Å². The van der Waals surface area contributed by atoms with Crippen molar-refractivity contribution in [1.82, 2.24) is 36.8 Å². The number of Topliss-reactive ketones (excluding diaryl/α,β-unsaturated/α-hetero) is 3. The molecule has 2 heterocycles. The third-order valence-electron chi connectivity index (χ3n) is 11.3. The van der Waals surface area contributed by atoms with E-state index in [1.54, 1.807) is 44.3 Å². The highest BCUT2D eigenvalue weighted by Crippen LogP contribution is 2.52. The van der Waals surface area contributed by atoms with Gasteiger partial charge in [-0.05, 0) is 57.8 Å². The highest BCUT2D eigenvalue weighted by molar-refractivity contribution is 8.21. The average molecular weight is 908 g/mol. The number of aldehydes is 1. The summed E-state index contributed by atoms with van der Waals surface area (Å²) in [6.45, 7) is 8.90. The molecule has 18 nitrogen and oxygen atoms in total. The standard InChI is InChI=1S/C42H65N7O11S2/c1-7-11-29(35(54)40(59)43-18-19-50)45-38(57)32-22-42(61-20-21-62-42)23-49(32)41(60)34(28-12-9-8-10-13-28)48-39(58)33(24(2)3)47-37(56)31(17-15-26(5)52)46-36(55)30(44-27(6)53)16-14-25(4)51/h19,24,28-34H,7-18,20-23H2,1-6H3,(H,43,59)(H,44,53)(H,45,57)(H,46,55)(H,47,56)(H,48,58).